The summed E-state index contributed by atoms with van der Waals surface area (Å²) in [6.45, 7) is 14.0. The molecule has 0 heterocycles. The molecule has 0 bridgehead atoms. The van der Waals surface area contributed by atoms with E-state index in [2.05, 4.69) is 20.4 Å². The molecule has 7 atom stereocenters. The molecule has 1 aromatic rings. The van der Waals surface area contributed by atoms with Gasteiger partial charge in [0.15, 0.2) is 5.78 Å². The van der Waals surface area contributed by atoms with E-state index in [0.717, 1.165) is 6.42 Å². The number of hydrogen-bond donors (Lipinski definition) is 1. The number of carbonyl (C=O) groups is 3. The zero-order valence-corrected chi connectivity index (χ0v) is 22.0. The highest BCUT2D eigenvalue weighted by Crippen LogP contribution is 2.62. The molecule has 0 radical (unpaired) electrons. The standard InChI is InChI=1S/C30H38O6/c1-7-23(31)35-26-19(4)16-30(34)24(26)25(36-28(33)20-11-9-8-10-12-20)17(2)13-14-21-22(29(21,5)6)15-18(3)27(30)32/h8-12,15,19,21-22,24-26,34H,2,7,13-14,16H2,1,3-6H3/b18-15+/t19-,21-,22+,24-,25-,26-,30+/m0/s1. The highest BCUT2D eigenvalue weighted by atomic mass is 16.6. The van der Waals surface area contributed by atoms with Gasteiger partial charge >= 0.3 is 11.9 Å². The van der Waals surface area contributed by atoms with Crippen LogP contribution in [-0.2, 0) is 19.1 Å². The van der Waals surface area contributed by atoms with Crippen LogP contribution in [0, 0.1) is 29.1 Å². The molecule has 0 aromatic heterocycles. The number of ether oxygens (including phenoxy) is 2. The number of rotatable bonds is 4. The first-order valence-electron chi connectivity index (χ1n) is 13.0. The molecule has 1 aromatic carbocycles. The fraction of sp³-hybridized carbons (Fsp3) is 0.567. The Kier molecular flexibility index (Phi) is 7.04. The normalized spacial score (nSPS) is 37.0. The Labute approximate surface area is 213 Å². The highest BCUT2D eigenvalue weighted by Gasteiger charge is 2.63. The molecule has 2 saturated carbocycles. The van der Waals surface area contributed by atoms with Crippen molar-refractivity contribution in [3.8, 4) is 0 Å². The molecule has 4 rings (SSSR count). The number of hydrogen-bond acceptors (Lipinski definition) is 6. The summed E-state index contributed by atoms with van der Waals surface area (Å²) in [5, 5.41) is 12.1. The summed E-state index contributed by atoms with van der Waals surface area (Å²) in [6.07, 6.45) is 1.88. The van der Waals surface area contributed by atoms with Crippen molar-refractivity contribution in [3.05, 3.63) is 59.7 Å². The van der Waals surface area contributed by atoms with Gasteiger partial charge in [-0.15, -0.1) is 0 Å². The molecule has 0 saturated heterocycles. The van der Waals surface area contributed by atoms with E-state index in [1.165, 1.54) is 0 Å². The van der Waals surface area contributed by atoms with Gasteiger partial charge in [-0.3, -0.25) is 9.59 Å². The van der Waals surface area contributed by atoms with Crippen LogP contribution in [0.1, 0.15) is 70.7 Å². The summed E-state index contributed by atoms with van der Waals surface area (Å²) in [6, 6.07) is 8.61. The number of benzene rings is 1. The van der Waals surface area contributed by atoms with Crippen molar-refractivity contribution in [2.24, 2.45) is 29.1 Å². The first-order chi connectivity index (χ1) is 16.9. The molecule has 3 aliphatic rings. The van der Waals surface area contributed by atoms with Crippen molar-refractivity contribution >= 4 is 17.7 Å². The van der Waals surface area contributed by atoms with Crippen LogP contribution in [0.3, 0.4) is 0 Å². The van der Waals surface area contributed by atoms with Gasteiger partial charge in [0.25, 0.3) is 0 Å². The highest BCUT2D eigenvalue weighted by molar-refractivity contribution is 6.02. The van der Waals surface area contributed by atoms with Crippen LogP contribution in [0.5, 0.6) is 0 Å². The number of Topliss-reactive ketones (excluding diaryl/α,β-unsaturated/α-hetero) is 1. The Balaban J connectivity index is 1.80. The van der Waals surface area contributed by atoms with Gasteiger partial charge in [-0.25, -0.2) is 4.79 Å². The number of aliphatic hydroxyl groups is 1. The van der Waals surface area contributed by atoms with Gasteiger partial charge in [0.1, 0.15) is 17.8 Å². The van der Waals surface area contributed by atoms with Gasteiger partial charge in [0, 0.05) is 6.42 Å². The minimum absolute atomic E-state index is 0.0431. The molecular weight excluding hydrogens is 456 g/mol. The SMILES string of the molecule is C=C1CC[C@H]2[C@@H](/C=C(\C)C(=O)[C@@]3(O)C[C@H](C)[C@H](OC(=O)CC)[C@@H]3[C@H]1OC(=O)c1ccccc1)C2(C)C. The van der Waals surface area contributed by atoms with Crippen molar-refractivity contribution in [2.45, 2.75) is 78.1 Å². The summed E-state index contributed by atoms with van der Waals surface area (Å²) < 4.78 is 11.9. The van der Waals surface area contributed by atoms with Crippen molar-refractivity contribution in [1.82, 2.24) is 0 Å². The smallest absolute Gasteiger partial charge is 0.338 e. The van der Waals surface area contributed by atoms with E-state index in [9.17, 15) is 19.5 Å². The summed E-state index contributed by atoms with van der Waals surface area (Å²) in [5.74, 6) is -2.07. The van der Waals surface area contributed by atoms with Crippen molar-refractivity contribution in [1.29, 1.82) is 0 Å². The molecule has 6 nitrogen and oxygen atoms in total. The van der Waals surface area contributed by atoms with Crippen molar-refractivity contribution < 1.29 is 29.0 Å². The van der Waals surface area contributed by atoms with E-state index in [1.54, 1.807) is 38.1 Å². The predicted octanol–water partition coefficient (Wildman–Crippen LogP) is 5.06. The van der Waals surface area contributed by atoms with Crippen LogP contribution in [-0.4, -0.2) is 40.6 Å². The Morgan fingerprint density at radius 3 is 2.47 bits per heavy atom. The molecule has 6 heteroatoms. The average molecular weight is 495 g/mol. The zero-order chi connectivity index (χ0) is 26.4. The average Bonchev–Trinajstić information content (AvgIpc) is 3.25. The third-order valence-corrected chi connectivity index (χ3v) is 8.72. The summed E-state index contributed by atoms with van der Waals surface area (Å²) in [7, 11) is 0. The van der Waals surface area contributed by atoms with E-state index in [1.807, 2.05) is 19.1 Å². The van der Waals surface area contributed by atoms with E-state index >= 15 is 0 Å². The Morgan fingerprint density at radius 2 is 1.83 bits per heavy atom. The number of esters is 2. The Bertz CT molecular complexity index is 1090. The second-order valence-corrected chi connectivity index (χ2v) is 11.5. The van der Waals surface area contributed by atoms with Gasteiger partial charge in [-0.2, -0.15) is 0 Å². The maximum atomic E-state index is 13.9. The van der Waals surface area contributed by atoms with Gasteiger partial charge < -0.3 is 14.6 Å². The largest absolute Gasteiger partial charge is 0.461 e. The fourth-order valence-corrected chi connectivity index (χ4v) is 6.47. The zero-order valence-electron chi connectivity index (χ0n) is 22.0. The monoisotopic (exact) mass is 494 g/mol. The molecule has 0 aliphatic heterocycles. The topological polar surface area (TPSA) is 89.9 Å². The molecule has 1 N–H and O–H groups in total. The van der Waals surface area contributed by atoms with Gasteiger partial charge in [-0.05, 0) is 72.6 Å². The lowest BCUT2D eigenvalue weighted by Gasteiger charge is -2.37. The third kappa shape index (κ3) is 4.56. The summed E-state index contributed by atoms with van der Waals surface area (Å²) in [4.78, 5) is 39.5. The van der Waals surface area contributed by atoms with Crippen LogP contribution < -0.4 is 0 Å². The maximum Gasteiger partial charge on any atom is 0.338 e. The molecule has 3 aliphatic carbocycles. The van der Waals surface area contributed by atoms with Crippen LogP contribution >= 0.6 is 0 Å². The van der Waals surface area contributed by atoms with E-state index in [0.29, 0.717) is 29.0 Å². The van der Waals surface area contributed by atoms with Crippen LogP contribution in [0.25, 0.3) is 0 Å². The van der Waals surface area contributed by atoms with Gasteiger partial charge in [0.05, 0.1) is 11.5 Å². The van der Waals surface area contributed by atoms with E-state index in [-0.39, 0.29) is 30.1 Å². The third-order valence-electron chi connectivity index (χ3n) is 8.72. The van der Waals surface area contributed by atoms with Gasteiger partial charge in [-0.1, -0.05) is 58.5 Å². The minimum atomic E-state index is -1.86. The van der Waals surface area contributed by atoms with Crippen LogP contribution in [0.2, 0.25) is 0 Å². The number of ketones is 1. The van der Waals surface area contributed by atoms with Crippen molar-refractivity contribution in [2.75, 3.05) is 0 Å². The molecule has 2 fully saturated rings. The van der Waals surface area contributed by atoms with E-state index in [4.69, 9.17) is 9.47 Å². The summed E-state index contributed by atoms with van der Waals surface area (Å²) in [5.41, 5.74) is -0.326. The number of allylic oxidation sites excluding steroid dienone is 1. The lowest BCUT2D eigenvalue weighted by atomic mass is 9.77. The maximum absolute atomic E-state index is 13.9. The lowest BCUT2D eigenvalue weighted by Crippen LogP contribution is -2.52. The van der Waals surface area contributed by atoms with E-state index < -0.39 is 41.4 Å². The number of carbonyl (C=O) groups excluding carboxylic acids is 3. The minimum Gasteiger partial charge on any atom is -0.461 e. The van der Waals surface area contributed by atoms with Crippen LogP contribution in [0.15, 0.2) is 54.1 Å². The first-order valence-corrected chi connectivity index (χ1v) is 13.0. The first kappa shape index (κ1) is 26.3. The molecule has 0 spiro atoms. The second kappa shape index (κ2) is 9.62. The molecule has 0 amide bonds. The second-order valence-electron chi connectivity index (χ2n) is 11.5. The fourth-order valence-electron chi connectivity index (χ4n) is 6.47. The Morgan fingerprint density at radius 1 is 1.17 bits per heavy atom. The molecule has 36 heavy (non-hydrogen) atoms. The van der Waals surface area contributed by atoms with Crippen molar-refractivity contribution in [3.63, 3.8) is 0 Å². The Hall–Kier alpha value is -2.73. The lowest BCUT2D eigenvalue weighted by molar-refractivity contribution is -0.162. The summed E-state index contributed by atoms with van der Waals surface area (Å²) >= 11 is 0. The number of fused-ring (bicyclic) bond motifs is 2. The predicted molar refractivity (Wildman–Crippen MR) is 136 cm³/mol. The quantitative estimate of drug-likeness (QED) is 0.465. The molecular formula is C30H38O6. The van der Waals surface area contributed by atoms with Gasteiger partial charge in [0.2, 0.25) is 0 Å². The molecule has 0 unspecified atom stereocenters. The molecule has 194 valence electrons. The van der Waals surface area contributed by atoms with Crippen LogP contribution in [0.4, 0.5) is 0 Å².